The van der Waals surface area contributed by atoms with Gasteiger partial charge in [-0.05, 0) is 58.9 Å². The number of nitrogens with zero attached hydrogens (tertiary/aromatic N) is 1. The molecule has 0 bridgehead atoms. The monoisotopic (exact) mass is 567 g/mol. The van der Waals surface area contributed by atoms with E-state index in [1.807, 2.05) is 0 Å². The summed E-state index contributed by atoms with van der Waals surface area (Å²) in [7, 11) is 3.44. The second-order valence-electron chi connectivity index (χ2n) is 6.86. The molecule has 1 atom stereocenters. The van der Waals surface area contributed by atoms with Crippen LogP contribution < -0.4 is 22.1 Å². The fourth-order valence-corrected chi connectivity index (χ4v) is 3.79. The molecule has 0 fully saturated rings. The van der Waals surface area contributed by atoms with Crippen molar-refractivity contribution in [1.82, 2.24) is 5.32 Å². The van der Waals surface area contributed by atoms with Crippen LogP contribution in [0.5, 0.6) is 0 Å². The first kappa shape index (κ1) is 31.7. The molecule has 0 spiro atoms. The second-order valence-corrected chi connectivity index (χ2v) is 8.26. The first-order valence-corrected chi connectivity index (χ1v) is 12.7. The SMILES string of the molecule is CO.CS.N=C(/C(O)=C(\C(=O)NCc1ccc(F)c(F)c1)C(N)=Nc1ccc(N)cc1P)c1ccsc1. The molecule has 0 saturated heterocycles. The number of carbonyl (C=O) groups is 1. The molecule has 198 valence electrons. The van der Waals surface area contributed by atoms with Crippen molar-refractivity contribution in [2.45, 2.75) is 6.54 Å². The first-order chi connectivity index (χ1) is 17.7. The lowest BCUT2D eigenvalue weighted by atomic mass is 10.1. The van der Waals surface area contributed by atoms with E-state index >= 15 is 0 Å². The van der Waals surface area contributed by atoms with Crippen molar-refractivity contribution in [3.63, 3.8) is 0 Å². The predicted octanol–water partition coefficient (Wildman–Crippen LogP) is 3.45. The second kappa shape index (κ2) is 15.7. The maximum atomic E-state index is 13.5. The number of aliphatic hydroxyl groups excluding tert-OH is 2. The molecule has 0 radical (unpaired) electrons. The number of benzene rings is 2. The highest BCUT2D eigenvalue weighted by Gasteiger charge is 2.23. The number of nitrogens with two attached hydrogens (primary N) is 2. The van der Waals surface area contributed by atoms with Gasteiger partial charge < -0.3 is 27.0 Å². The van der Waals surface area contributed by atoms with Crippen molar-refractivity contribution >= 4 is 67.3 Å². The van der Waals surface area contributed by atoms with E-state index < -0.39 is 28.9 Å². The number of allylic oxidation sites excluding steroid dienone is 1. The molecule has 1 aromatic heterocycles. The summed E-state index contributed by atoms with van der Waals surface area (Å²) in [5, 5.41) is 32.5. The van der Waals surface area contributed by atoms with Crippen molar-refractivity contribution in [1.29, 1.82) is 5.41 Å². The summed E-state index contributed by atoms with van der Waals surface area (Å²) >= 11 is 4.84. The summed E-state index contributed by atoms with van der Waals surface area (Å²) in [5.41, 5.74) is 12.6. The molecule has 0 aliphatic heterocycles. The number of thiophene rings is 1. The van der Waals surface area contributed by atoms with Crippen LogP contribution in [-0.2, 0) is 11.3 Å². The Labute approximate surface area is 225 Å². The Morgan fingerprint density at radius 3 is 2.41 bits per heavy atom. The fraction of sp³-hybridized carbons (Fsp3) is 0.125. The largest absolute Gasteiger partial charge is 0.505 e. The number of thiol groups is 1. The quantitative estimate of drug-likeness (QED) is 0.0443. The topological polar surface area (TPSA) is 158 Å². The Balaban J connectivity index is 0.00000163. The minimum Gasteiger partial charge on any atom is -0.505 e. The zero-order valence-electron chi connectivity index (χ0n) is 20.0. The molecule has 8 N–H and O–H groups in total. The smallest absolute Gasteiger partial charge is 0.259 e. The number of amides is 1. The highest BCUT2D eigenvalue weighted by molar-refractivity contribution is 7.79. The lowest BCUT2D eigenvalue weighted by molar-refractivity contribution is -0.117. The van der Waals surface area contributed by atoms with Crippen molar-refractivity contribution in [3.05, 3.63) is 87.3 Å². The Kier molecular flexibility index (Phi) is 13.5. The number of carbonyl (C=O) groups excluding carboxylic acids is 1. The number of nitrogen functional groups attached to an aromatic ring is 1. The predicted molar refractivity (Wildman–Crippen MR) is 154 cm³/mol. The molecule has 37 heavy (non-hydrogen) atoms. The van der Waals surface area contributed by atoms with Gasteiger partial charge >= 0.3 is 0 Å². The fourth-order valence-electron chi connectivity index (χ4n) is 2.79. The first-order valence-electron chi connectivity index (χ1n) is 10.3. The third-order valence-electron chi connectivity index (χ3n) is 4.50. The van der Waals surface area contributed by atoms with Crippen LogP contribution in [0.1, 0.15) is 11.1 Å². The van der Waals surface area contributed by atoms with Gasteiger partial charge in [0.15, 0.2) is 17.4 Å². The van der Waals surface area contributed by atoms with E-state index in [4.69, 9.17) is 22.0 Å². The van der Waals surface area contributed by atoms with Gasteiger partial charge in [-0.2, -0.15) is 24.0 Å². The molecule has 2 aromatic carbocycles. The van der Waals surface area contributed by atoms with Crippen LogP contribution >= 0.6 is 33.2 Å². The molecule has 13 heteroatoms. The standard InChI is InChI=1S/C22H20F2N5O2PS.CH4O.CH4S/c23-14-3-1-11(7-15(14)24)9-28-22(31)18(20(30)19(26)12-5-6-33-10-12)21(27)29-16-4-2-13(25)8-17(16)32;2*1-2/h1-8,10,26,30H,9,25,32H2,(H2,27,29)(H,28,31);2*2H,1H3/b20-18+,26-19?;;. The third-order valence-corrected chi connectivity index (χ3v) is 5.64. The number of hydrogen-bond acceptors (Lipinski definition) is 8. The van der Waals surface area contributed by atoms with E-state index in [1.54, 1.807) is 41.3 Å². The van der Waals surface area contributed by atoms with Crippen LogP contribution in [0.25, 0.3) is 0 Å². The number of aliphatic imine (C=N–C) groups is 1. The summed E-state index contributed by atoms with van der Waals surface area (Å²) in [6.07, 6.45) is 1.69. The van der Waals surface area contributed by atoms with Crippen LogP contribution in [0.3, 0.4) is 0 Å². The van der Waals surface area contributed by atoms with E-state index in [-0.39, 0.29) is 23.7 Å². The molecule has 0 aliphatic carbocycles. The van der Waals surface area contributed by atoms with Gasteiger partial charge in [-0.3, -0.25) is 10.2 Å². The summed E-state index contributed by atoms with van der Waals surface area (Å²) in [5.74, 6) is -3.95. The number of rotatable bonds is 7. The van der Waals surface area contributed by atoms with E-state index in [2.05, 4.69) is 32.2 Å². The van der Waals surface area contributed by atoms with E-state index in [1.165, 1.54) is 17.4 Å². The number of anilines is 1. The molecule has 0 saturated carbocycles. The average molecular weight is 568 g/mol. The number of hydrogen-bond donors (Lipinski definition) is 7. The van der Waals surface area contributed by atoms with Crippen LogP contribution in [0, 0.1) is 17.0 Å². The Hall–Kier alpha value is -3.31. The van der Waals surface area contributed by atoms with Crippen LogP contribution in [-0.4, -0.2) is 41.0 Å². The van der Waals surface area contributed by atoms with E-state index in [9.17, 15) is 18.7 Å². The molecule has 3 rings (SSSR count). The summed E-state index contributed by atoms with van der Waals surface area (Å²) in [6, 6.07) is 9.61. The number of nitrogens with one attached hydrogen (secondary N) is 2. The number of amidine groups is 1. The van der Waals surface area contributed by atoms with Crippen LogP contribution in [0.2, 0.25) is 0 Å². The van der Waals surface area contributed by atoms with Gasteiger partial charge in [0.1, 0.15) is 17.1 Å². The van der Waals surface area contributed by atoms with Crippen molar-refractivity contribution in [3.8, 4) is 0 Å². The average Bonchev–Trinajstić information content (AvgIpc) is 3.43. The lowest BCUT2D eigenvalue weighted by Gasteiger charge is -2.13. The summed E-state index contributed by atoms with van der Waals surface area (Å²) < 4.78 is 26.6. The molecule has 8 nitrogen and oxygen atoms in total. The Bertz CT molecular complexity index is 1290. The minimum atomic E-state index is -1.06. The molecular formula is C24H28F2N5O3PS2. The van der Waals surface area contributed by atoms with Crippen LogP contribution in [0.15, 0.2) is 69.5 Å². The molecule has 1 amide bonds. The van der Waals surface area contributed by atoms with Gasteiger partial charge in [0.2, 0.25) is 0 Å². The van der Waals surface area contributed by atoms with Crippen LogP contribution in [0.4, 0.5) is 20.2 Å². The summed E-state index contributed by atoms with van der Waals surface area (Å²) in [4.78, 5) is 17.2. The van der Waals surface area contributed by atoms with Gasteiger partial charge in [-0.1, -0.05) is 6.07 Å². The maximum absolute atomic E-state index is 13.5. The van der Waals surface area contributed by atoms with Crippen molar-refractivity contribution in [2.24, 2.45) is 10.7 Å². The Morgan fingerprint density at radius 1 is 1.16 bits per heavy atom. The highest BCUT2D eigenvalue weighted by Crippen LogP contribution is 2.19. The summed E-state index contributed by atoms with van der Waals surface area (Å²) in [6.45, 7) is -0.178. The van der Waals surface area contributed by atoms with Crippen molar-refractivity contribution < 1.29 is 23.8 Å². The normalized spacial score (nSPS) is 11.3. The van der Waals surface area contributed by atoms with Gasteiger partial charge in [-0.15, -0.1) is 9.24 Å². The molecule has 1 heterocycles. The molecule has 0 aliphatic rings. The zero-order chi connectivity index (χ0) is 28.1. The van der Waals surface area contributed by atoms with Gasteiger partial charge in [0.05, 0.1) is 5.69 Å². The van der Waals surface area contributed by atoms with Gasteiger partial charge in [-0.25, -0.2) is 13.8 Å². The number of halogens is 2. The van der Waals surface area contributed by atoms with Crippen molar-refractivity contribution in [2.75, 3.05) is 19.1 Å². The third kappa shape index (κ3) is 8.94. The van der Waals surface area contributed by atoms with Gasteiger partial charge in [0, 0.05) is 30.3 Å². The van der Waals surface area contributed by atoms with Gasteiger partial charge in [0.25, 0.3) is 5.91 Å². The zero-order valence-corrected chi connectivity index (χ0v) is 22.9. The molecular weight excluding hydrogens is 539 g/mol. The molecule has 1 unspecified atom stereocenters. The highest BCUT2D eigenvalue weighted by atomic mass is 32.1. The molecule has 3 aromatic rings. The van der Waals surface area contributed by atoms with E-state index in [0.29, 0.717) is 22.2 Å². The van der Waals surface area contributed by atoms with E-state index in [0.717, 1.165) is 19.2 Å². The Morgan fingerprint density at radius 2 is 1.84 bits per heavy atom. The minimum absolute atomic E-state index is 0.178. The maximum Gasteiger partial charge on any atom is 0.259 e. The number of aliphatic hydroxyl groups is 2. The lowest BCUT2D eigenvalue weighted by Crippen LogP contribution is -2.34.